The van der Waals surface area contributed by atoms with E-state index in [2.05, 4.69) is 37.7 Å². The van der Waals surface area contributed by atoms with Crippen LogP contribution in [0.5, 0.6) is 0 Å². The van der Waals surface area contributed by atoms with Crippen LogP contribution in [0.4, 0.5) is 24.8 Å². The summed E-state index contributed by atoms with van der Waals surface area (Å²) in [4.78, 5) is 21.7. The van der Waals surface area contributed by atoms with E-state index in [9.17, 15) is 23.2 Å². The van der Waals surface area contributed by atoms with Crippen LogP contribution in [0.1, 0.15) is 39.0 Å². The predicted octanol–water partition coefficient (Wildman–Crippen LogP) is 5.25. The van der Waals surface area contributed by atoms with Gasteiger partial charge >= 0.3 is 6.18 Å². The fraction of sp³-hybridized carbons (Fsp3) is 0.265. The maximum absolute atomic E-state index is 14.5. The van der Waals surface area contributed by atoms with Crippen LogP contribution in [0.2, 0.25) is 0 Å². The topological polar surface area (TPSA) is 145 Å². The summed E-state index contributed by atoms with van der Waals surface area (Å²) in [5.41, 5.74) is 1.41. The van der Waals surface area contributed by atoms with Gasteiger partial charge in [-0.15, -0.1) is 10.2 Å². The van der Waals surface area contributed by atoms with E-state index in [1.165, 1.54) is 17.3 Å². The van der Waals surface area contributed by atoms with Crippen molar-refractivity contribution in [3.05, 3.63) is 95.1 Å². The first-order chi connectivity index (χ1) is 23.5. The number of aromatic nitrogens is 6. The zero-order valence-electron chi connectivity index (χ0n) is 26.6. The molecule has 4 heterocycles. The molecule has 0 saturated heterocycles. The summed E-state index contributed by atoms with van der Waals surface area (Å²) in [5.74, 6) is 0.302. The molecule has 0 bridgehead atoms. The molecule has 0 fully saturated rings. The smallest absolute Gasteiger partial charge is 0.369 e. The van der Waals surface area contributed by atoms with Crippen molar-refractivity contribution in [2.75, 3.05) is 30.4 Å². The molecule has 0 spiro atoms. The number of anilines is 2. The van der Waals surface area contributed by atoms with Crippen LogP contribution in [-0.4, -0.2) is 60.5 Å². The predicted molar refractivity (Wildman–Crippen MR) is 174 cm³/mol. The Morgan fingerprint density at radius 3 is 2.61 bits per heavy atom. The number of rotatable bonds is 11. The molecular formula is C34H30F3N11O. The number of benzene rings is 2. The van der Waals surface area contributed by atoms with Crippen LogP contribution in [-0.2, 0) is 32.9 Å². The maximum Gasteiger partial charge on any atom is 0.416 e. The van der Waals surface area contributed by atoms with E-state index in [4.69, 9.17) is 5.26 Å². The average molecular weight is 666 g/mol. The molecule has 248 valence electrons. The van der Waals surface area contributed by atoms with Gasteiger partial charge in [-0.05, 0) is 77.8 Å². The zero-order chi connectivity index (χ0) is 34.7. The van der Waals surface area contributed by atoms with E-state index in [0.717, 1.165) is 6.07 Å². The number of nitriles is 2. The largest absolute Gasteiger partial charge is 0.416 e. The Bertz CT molecular complexity index is 2090. The standard InChI is InChI=1S/C34H30F3N11O/c1-45(11-12-47-10-4-9-42-47)19-23-14-27-28(29(15-23)34(35,36)37)20-48(33(27)49)31-17-24(16-30(43-31)40-8-3-7-38)26-13-22(18-39)5-6-25(26)32-44-41-21-46(32)2/h4-6,9-10,13-17,21H,3,8,11-12,19-20H2,1-2H3,(H,40,43). The zero-order valence-corrected chi connectivity index (χ0v) is 26.6. The Morgan fingerprint density at radius 1 is 1.08 bits per heavy atom. The summed E-state index contributed by atoms with van der Waals surface area (Å²) in [6, 6.07) is 17.0. The maximum atomic E-state index is 14.5. The molecule has 0 atom stereocenters. The normalized spacial score (nSPS) is 12.7. The fourth-order valence-corrected chi connectivity index (χ4v) is 5.82. The SMILES string of the molecule is CN(CCn1cccn1)Cc1cc2c(c(C(F)(F)F)c1)CN(c1cc(-c3cc(C#N)ccc3-c3nncn3C)cc(NCCC#N)n1)C2=O. The highest BCUT2D eigenvalue weighted by Crippen LogP contribution is 2.41. The number of nitrogens with one attached hydrogen (secondary N) is 1. The van der Waals surface area contributed by atoms with Gasteiger partial charge in [-0.3, -0.25) is 14.4 Å². The van der Waals surface area contributed by atoms with E-state index >= 15 is 0 Å². The third-order valence-corrected chi connectivity index (χ3v) is 8.17. The number of carbonyl (C=O) groups excluding carboxylic acids is 1. The molecule has 12 nitrogen and oxygen atoms in total. The number of aryl methyl sites for hydroxylation is 1. The Balaban J connectivity index is 1.40. The van der Waals surface area contributed by atoms with E-state index in [1.807, 2.05) is 11.1 Å². The second kappa shape index (κ2) is 13.6. The lowest BCUT2D eigenvalue weighted by atomic mass is 9.97. The molecule has 2 aromatic carbocycles. The molecule has 1 N–H and O–H groups in total. The quantitative estimate of drug-likeness (QED) is 0.187. The number of likely N-dealkylation sites (N-methyl/N-ethyl adjacent to an activating group) is 1. The number of amides is 1. The summed E-state index contributed by atoms with van der Waals surface area (Å²) in [7, 11) is 3.57. The number of carbonyl (C=O) groups is 1. The molecular weight excluding hydrogens is 635 g/mol. The summed E-state index contributed by atoms with van der Waals surface area (Å²) in [6.07, 6.45) is 0.462. The molecule has 1 aliphatic heterocycles. The van der Waals surface area contributed by atoms with E-state index in [1.54, 1.807) is 65.9 Å². The van der Waals surface area contributed by atoms with Crippen molar-refractivity contribution in [2.45, 2.75) is 32.2 Å². The summed E-state index contributed by atoms with van der Waals surface area (Å²) >= 11 is 0. The Kier molecular flexibility index (Phi) is 9.11. The molecule has 0 radical (unpaired) electrons. The Morgan fingerprint density at radius 2 is 1.92 bits per heavy atom. The molecule has 6 rings (SSSR count). The van der Waals surface area contributed by atoms with Crippen LogP contribution in [0, 0.1) is 22.7 Å². The molecule has 1 amide bonds. The number of nitrogens with zero attached hydrogens (tertiary/aromatic N) is 10. The van der Waals surface area contributed by atoms with Gasteiger partial charge in [-0.25, -0.2) is 4.98 Å². The minimum Gasteiger partial charge on any atom is -0.369 e. The summed E-state index contributed by atoms with van der Waals surface area (Å²) in [6.45, 7) is 1.16. The van der Waals surface area contributed by atoms with Crippen LogP contribution in [0.15, 0.2) is 67.3 Å². The van der Waals surface area contributed by atoms with E-state index in [-0.39, 0.29) is 43.0 Å². The lowest BCUT2D eigenvalue weighted by Crippen LogP contribution is -2.25. The number of pyridine rings is 1. The van der Waals surface area contributed by atoms with Gasteiger partial charge in [0.05, 0.1) is 42.8 Å². The molecule has 0 unspecified atom stereocenters. The van der Waals surface area contributed by atoms with E-state index in [0.29, 0.717) is 52.5 Å². The number of fused-ring (bicyclic) bond motifs is 1. The highest BCUT2D eigenvalue weighted by molar-refractivity contribution is 6.10. The number of hydrogen-bond acceptors (Lipinski definition) is 9. The van der Waals surface area contributed by atoms with Gasteiger partial charge in [0.1, 0.15) is 18.0 Å². The highest BCUT2D eigenvalue weighted by Gasteiger charge is 2.41. The van der Waals surface area contributed by atoms with Crippen LogP contribution < -0.4 is 10.2 Å². The first-order valence-corrected chi connectivity index (χ1v) is 15.3. The minimum absolute atomic E-state index is 0.0391. The van der Waals surface area contributed by atoms with Crippen molar-refractivity contribution in [1.29, 1.82) is 10.5 Å². The lowest BCUT2D eigenvalue weighted by Gasteiger charge is -2.19. The second-order valence-corrected chi connectivity index (χ2v) is 11.6. The molecule has 3 aromatic heterocycles. The van der Waals surface area contributed by atoms with Gasteiger partial charge in [0.25, 0.3) is 5.91 Å². The molecule has 49 heavy (non-hydrogen) atoms. The first-order valence-electron chi connectivity index (χ1n) is 15.3. The Hall–Kier alpha value is -6.06. The van der Waals surface area contributed by atoms with Crippen molar-refractivity contribution in [3.8, 4) is 34.7 Å². The highest BCUT2D eigenvalue weighted by atomic mass is 19.4. The fourth-order valence-electron chi connectivity index (χ4n) is 5.82. The van der Waals surface area contributed by atoms with Gasteiger partial charge in [-0.1, -0.05) is 0 Å². The van der Waals surface area contributed by atoms with Crippen molar-refractivity contribution in [2.24, 2.45) is 7.05 Å². The van der Waals surface area contributed by atoms with Crippen molar-refractivity contribution >= 4 is 17.5 Å². The number of halogens is 3. The van der Waals surface area contributed by atoms with Crippen molar-refractivity contribution in [1.82, 2.24) is 34.4 Å². The molecule has 5 aromatic rings. The lowest BCUT2D eigenvalue weighted by molar-refractivity contribution is -0.138. The Labute approximate surface area is 279 Å². The van der Waals surface area contributed by atoms with Crippen LogP contribution in [0.3, 0.4) is 0 Å². The molecule has 0 aliphatic carbocycles. The van der Waals surface area contributed by atoms with Gasteiger partial charge in [-0.2, -0.15) is 28.8 Å². The van der Waals surface area contributed by atoms with Gasteiger partial charge in [0, 0.05) is 50.2 Å². The number of hydrogen-bond donors (Lipinski definition) is 1. The van der Waals surface area contributed by atoms with Crippen molar-refractivity contribution < 1.29 is 18.0 Å². The monoisotopic (exact) mass is 665 g/mol. The molecule has 15 heteroatoms. The van der Waals surface area contributed by atoms with Crippen molar-refractivity contribution in [3.63, 3.8) is 0 Å². The second-order valence-electron chi connectivity index (χ2n) is 11.6. The van der Waals surface area contributed by atoms with E-state index < -0.39 is 17.6 Å². The van der Waals surface area contributed by atoms with Crippen LogP contribution >= 0.6 is 0 Å². The number of alkyl halides is 3. The average Bonchev–Trinajstić information content (AvgIpc) is 3.84. The third-order valence-electron chi connectivity index (χ3n) is 8.17. The molecule has 1 aliphatic rings. The summed E-state index contributed by atoms with van der Waals surface area (Å²) in [5, 5.41) is 34.2. The first kappa shape index (κ1) is 32.9. The van der Waals surface area contributed by atoms with Gasteiger partial charge in [0.15, 0.2) is 5.82 Å². The third kappa shape index (κ3) is 6.97. The van der Waals surface area contributed by atoms with Crippen LogP contribution in [0.25, 0.3) is 22.5 Å². The summed E-state index contributed by atoms with van der Waals surface area (Å²) < 4.78 is 47.0. The van der Waals surface area contributed by atoms with Gasteiger partial charge in [0.2, 0.25) is 0 Å². The van der Waals surface area contributed by atoms with Gasteiger partial charge < -0.3 is 14.8 Å². The minimum atomic E-state index is -4.70. The molecule has 0 saturated carbocycles.